The topological polar surface area (TPSA) is 43.4 Å². The van der Waals surface area contributed by atoms with Gasteiger partial charge in [0.2, 0.25) is 0 Å². The van der Waals surface area contributed by atoms with E-state index in [4.69, 9.17) is 0 Å². The predicted octanol–water partition coefficient (Wildman–Crippen LogP) is 0.681. The summed E-state index contributed by atoms with van der Waals surface area (Å²) in [6, 6.07) is 0. The van der Waals surface area contributed by atoms with Gasteiger partial charge in [-0.1, -0.05) is 6.08 Å². The van der Waals surface area contributed by atoms with Crippen LogP contribution in [0, 0.1) is 0 Å². The molecule has 0 unspecified atom stereocenters. The van der Waals surface area contributed by atoms with Crippen molar-refractivity contribution in [3.8, 4) is 0 Å². The molecule has 10 heavy (non-hydrogen) atoms. The fraction of sp³-hybridized carbons (Fsp3) is 0.667. The normalized spacial score (nSPS) is 18.8. The quantitative estimate of drug-likeness (QED) is 0.451. The van der Waals surface area contributed by atoms with Crippen LogP contribution in [0.25, 0.3) is 0 Å². The Morgan fingerprint density at radius 1 is 1.60 bits per heavy atom. The van der Waals surface area contributed by atoms with Gasteiger partial charge in [-0.25, -0.2) is 0 Å². The lowest BCUT2D eigenvalue weighted by atomic mass is 10.7. The minimum atomic E-state index is -3.22. The maximum Gasteiger partial charge on any atom is 0.270 e. The molecule has 1 rings (SSSR count). The van der Waals surface area contributed by atoms with Crippen LogP contribution in [0.1, 0.15) is 12.8 Å². The Morgan fingerprint density at radius 3 is 2.60 bits per heavy atom. The molecule has 0 N–H and O–H groups in total. The van der Waals surface area contributed by atoms with Gasteiger partial charge in [0.1, 0.15) is 0 Å². The van der Waals surface area contributed by atoms with E-state index in [-0.39, 0.29) is 11.9 Å². The first-order chi connectivity index (χ1) is 4.67. The lowest BCUT2D eigenvalue weighted by Crippen LogP contribution is -2.10. The van der Waals surface area contributed by atoms with E-state index in [1.165, 1.54) is 6.08 Å². The molecule has 0 aromatic heterocycles. The van der Waals surface area contributed by atoms with Crippen LogP contribution >= 0.6 is 0 Å². The third-order valence-electron chi connectivity index (χ3n) is 1.28. The second kappa shape index (κ2) is 2.72. The van der Waals surface area contributed by atoms with Gasteiger partial charge in [-0.2, -0.15) is 8.42 Å². The van der Waals surface area contributed by atoms with Crippen molar-refractivity contribution in [1.82, 2.24) is 0 Å². The highest BCUT2D eigenvalue weighted by Crippen LogP contribution is 2.29. The fourth-order valence-electron chi connectivity index (χ4n) is 0.596. The van der Waals surface area contributed by atoms with E-state index in [1.54, 1.807) is 0 Å². The Morgan fingerprint density at radius 2 is 2.20 bits per heavy atom. The molecule has 58 valence electrons. The summed E-state index contributed by atoms with van der Waals surface area (Å²) in [6.07, 6.45) is 2.93. The fourth-order valence-corrected chi connectivity index (χ4v) is 1.79. The molecule has 0 radical (unpaired) electrons. The van der Waals surface area contributed by atoms with E-state index < -0.39 is 10.1 Å². The van der Waals surface area contributed by atoms with Crippen LogP contribution < -0.4 is 0 Å². The summed E-state index contributed by atoms with van der Waals surface area (Å²) in [5.41, 5.74) is 0. The molecule has 0 aromatic rings. The van der Waals surface area contributed by atoms with Gasteiger partial charge in [-0.15, -0.1) is 6.58 Å². The first-order valence-electron chi connectivity index (χ1n) is 3.16. The average molecular weight is 162 g/mol. The minimum absolute atomic E-state index is 0.0961. The van der Waals surface area contributed by atoms with Crippen molar-refractivity contribution in [2.45, 2.75) is 18.1 Å². The zero-order valence-electron chi connectivity index (χ0n) is 5.62. The van der Waals surface area contributed by atoms with Crippen molar-refractivity contribution < 1.29 is 12.6 Å². The molecule has 0 aliphatic heterocycles. The Labute approximate surface area is 60.8 Å². The van der Waals surface area contributed by atoms with E-state index in [0.717, 1.165) is 12.8 Å². The number of hydrogen-bond acceptors (Lipinski definition) is 3. The monoisotopic (exact) mass is 162 g/mol. The standard InChI is InChI=1S/C6H10O3S/c1-2-5-9-10(7,8)6-3-4-6/h2,6H,1,3-5H2. The van der Waals surface area contributed by atoms with Gasteiger partial charge in [0.15, 0.2) is 0 Å². The first kappa shape index (κ1) is 7.75. The van der Waals surface area contributed by atoms with Gasteiger partial charge in [0.25, 0.3) is 10.1 Å². The van der Waals surface area contributed by atoms with Crippen LogP contribution in [0.5, 0.6) is 0 Å². The summed E-state index contributed by atoms with van der Waals surface area (Å²) < 4.78 is 26.3. The third kappa shape index (κ3) is 1.82. The molecule has 0 saturated heterocycles. The SMILES string of the molecule is C=CCOS(=O)(=O)C1CC1. The molecular formula is C6H10O3S. The highest BCUT2D eigenvalue weighted by Gasteiger charge is 2.36. The second-order valence-corrected chi connectivity index (χ2v) is 4.15. The molecule has 1 aliphatic rings. The van der Waals surface area contributed by atoms with E-state index in [0.29, 0.717) is 0 Å². The van der Waals surface area contributed by atoms with Crippen molar-refractivity contribution in [3.05, 3.63) is 12.7 Å². The van der Waals surface area contributed by atoms with E-state index >= 15 is 0 Å². The van der Waals surface area contributed by atoms with Crippen molar-refractivity contribution in [2.75, 3.05) is 6.61 Å². The summed E-state index contributed by atoms with van der Waals surface area (Å²) in [6.45, 7) is 3.45. The zero-order valence-corrected chi connectivity index (χ0v) is 6.43. The number of rotatable bonds is 4. The molecular weight excluding hydrogens is 152 g/mol. The Hall–Kier alpha value is -0.350. The molecule has 1 fully saturated rings. The van der Waals surface area contributed by atoms with Gasteiger partial charge < -0.3 is 0 Å². The lowest BCUT2D eigenvalue weighted by molar-refractivity contribution is 0.356. The third-order valence-corrected chi connectivity index (χ3v) is 3.04. The summed E-state index contributed by atoms with van der Waals surface area (Å²) in [5, 5.41) is -0.229. The van der Waals surface area contributed by atoms with Crippen LogP contribution in [0.3, 0.4) is 0 Å². The molecule has 0 bridgehead atoms. The van der Waals surface area contributed by atoms with Crippen molar-refractivity contribution in [2.24, 2.45) is 0 Å². The average Bonchev–Trinajstić information content (AvgIpc) is 2.64. The van der Waals surface area contributed by atoms with Crippen LogP contribution in [0.2, 0.25) is 0 Å². The smallest absolute Gasteiger partial charge is 0.266 e. The van der Waals surface area contributed by atoms with Crippen molar-refractivity contribution >= 4 is 10.1 Å². The molecule has 0 atom stereocenters. The van der Waals surface area contributed by atoms with Crippen LogP contribution in [-0.2, 0) is 14.3 Å². The van der Waals surface area contributed by atoms with Gasteiger partial charge in [0.05, 0.1) is 11.9 Å². The molecule has 3 nitrogen and oxygen atoms in total. The molecule has 1 saturated carbocycles. The van der Waals surface area contributed by atoms with Crippen molar-refractivity contribution in [3.63, 3.8) is 0 Å². The highest BCUT2D eigenvalue weighted by molar-refractivity contribution is 7.87. The van der Waals surface area contributed by atoms with Gasteiger partial charge in [-0.3, -0.25) is 4.18 Å². The highest BCUT2D eigenvalue weighted by atomic mass is 32.2. The summed E-state index contributed by atoms with van der Waals surface area (Å²) in [7, 11) is -3.22. The van der Waals surface area contributed by atoms with Gasteiger partial charge in [0, 0.05) is 0 Å². The van der Waals surface area contributed by atoms with E-state index in [1.807, 2.05) is 0 Å². The predicted molar refractivity (Wildman–Crippen MR) is 38.1 cm³/mol. The Bertz CT molecular complexity index is 213. The van der Waals surface area contributed by atoms with Gasteiger partial charge >= 0.3 is 0 Å². The van der Waals surface area contributed by atoms with Gasteiger partial charge in [-0.05, 0) is 12.8 Å². The summed E-state index contributed by atoms with van der Waals surface area (Å²) in [5.74, 6) is 0. The Balaban J connectivity index is 2.43. The molecule has 4 heteroatoms. The lowest BCUT2D eigenvalue weighted by Gasteiger charge is -1.98. The Kier molecular flexibility index (Phi) is 2.11. The van der Waals surface area contributed by atoms with E-state index in [9.17, 15) is 8.42 Å². The molecule has 0 heterocycles. The second-order valence-electron chi connectivity index (χ2n) is 2.27. The molecule has 0 amide bonds. The maximum atomic E-state index is 10.9. The number of hydrogen-bond donors (Lipinski definition) is 0. The molecule has 1 aliphatic carbocycles. The zero-order chi connectivity index (χ0) is 7.61. The first-order valence-corrected chi connectivity index (χ1v) is 4.63. The summed E-state index contributed by atoms with van der Waals surface area (Å²) in [4.78, 5) is 0. The largest absolute Gasteiger partial charge is 0.270 e. The van der Waals surface area contributed by atoms with Crippen molar-refractivity contribution in [1.29, 1.82) is 0 Å². The maximum absolute atomic E-state index is 10.9. The van der Waals surface area contributed by atoms with Crippen LogP contribution in [-0.4, -0.2) is 20.3 Å². The van der Waals surface area contributed by atoms with Crippen LogP contribution in [0.4, 0.5) is 0 Å². The molecule has 0 aromatic carbocycles. The molecule has 0 spiro atoms. The summed E-state index contributed by atoms with van der Waals surface area (Å²) >= 11 is 0. The van der Waals surface area contributed by atoms with E-state index in [2.05, 4.69) is 10.8 Å². The van der Waals surface area contributed by atoms with Crippen LogP contribution in [0.15, 0.2) is 12.7 Å². The minimum Gasteiger partial charge on any atom is -0.266 e.